The molecule has 1 aromatic rings. The zero-order valence-electron chi connectivity index (χ0n) is 12.3. The monoisotopic (exact) mass is 263 g/mol. The minimum Gasteiger partial charge on any atom is -0.327 e. The third-order valence-electron chi connectivity index (χ3n) is 4.70. The highest BCUT2D eigenvalue weighted by atomic mass is 15.3. The molecule has 0 amide bonds. The van der Waals surface area contributed by atoms with Crippen molar-refractivity contribution in [2.24, 2.45) is 18.2 Å². The van der Waals surface area contributed by atoms with Crippen LogP contribution in [0.15, 0.2) is 0 Å². The lowest BCUT2D eigenvalue weighted by molar-refractivity contribution is 0.0870. The minimum absolute atomic E-state index is 0.191. The smallest absolute Gasteiger partial charge is 0.146 e. The van der Waals surface area contributed by atoms with Crippen LogP contribution in [0.4, 0.5) is 0 Å². The number of nitrogens with zero attached hydrogens (tertiary/aromatic N) is 4. The van der Waals surface area contributed by atoms with Crippen molar-refractivity contribution < 1.29 is 0 Å². The first-order chi connectivity index (χ1) is 8.97. The van der Waals surface area contributed by atoms with Gasteiger partial charge in [0, 0.05) is 32.1 Å². The van der Waals surface area contributed by atoms with Gasteiger partial charge in [-0.2, -0.15) is 0 Å². The minimum atomic E-state index is 0.191. The fourth-order valence-electron chi connectivity index (χ4n) is 3.03. The van der Waals surface area contributed by atoms with Crippen molar-refractivity contribution in [2.75, 3.05) is 13.1 Å². The lowest BCUT2D eigenvalue weighted by atomic mass is 9.80. The van der Waals surface area contributed by atoms with Crippen molar-refractivity contribution in [3.05, 3.63) is 11.6 Å². The van der Waals surface area contributed by atoms with Crippen LogP contribution in [0, 0.1) is 5.41 Å². The molecule has 0 spiro atoms. The molecule has 1 unspecified atom stereocenters. The van der Waals surface area contributed by atoms with E-state index in [9.17, 15) is 0 Å². The molecule has 0 bridgehead atoms. The second-order valence-corrected chi connectivity index (χ2v) is 6.90. The Morgan fingerprint density at radius 3 is 2.63 bits per heavy atom. The quantitative estimate of drug-likeness (QED) is 0.891. The molecule has 1 saturated heterocycles. The Balaban J connectivity index is 1.68. The van der Waals surface area contributed by atoms with Gasteiger partial charge < -0.3 is 10.3 Å². The van der Waals surface area contributed by atoms with E-state index < -0.39 is 0 Å². The van der Waals surface area contributed by atoms with E-state index in [0.29, 0.717) is 12.0 Å². The Bertz CT molecular complexity index is 460. The third kappa shape index (κ3) is 2.54. The SMILES string of the molecule is Cn1c(CN2CCC(N)C(C)(C)C2)nnc1C1CC1. The van der Waals surface area contributed by atoms with E-state index in [1.54, 1.807) is 0 Å². The Labute approximate surface area is 115 Å². The number of hydrogen-bond acceptors (Lipinski definition) is 4. The summed E-state index contributed by atoms with van der Waals surface area (Å²) in [6.07, 6.45) is 3.62. The van der Waals surface area contributed by atoms with Gasteiger partial charge in [-0.05, 0) is 24.7 Å². The molecule has 1 saturated carbocycles. The van der Waals surface area contributed by atoms with Crippen LogP contribution in [-0.4, -0.2) is 38.8 Å². The average Bonchev–Trinajstić information content (AvgIpc) is 3.11. The van der Waals surface area contributed by atoms with Crippen LogP contribution < -0.4 is 5.73 Å². The topological polar surface area (TPSA) is 60.0 Å². The summed E-state index contributed by atoms with van der Waals surface area (Å²) in [6, 6.07) is 0.310. The zero-order valence-corrected chi connectivity index (χ0v) is 12.3. The number of rotatable bonds is 3. The molecule has 1 atom stereocenters. The van der Waals surface area contributed by atoms with Crippen LogP contribution in [0.1, 0.15) is 50.7 Å². The molecule has 3 rings (SSSR count). The van der Waals surface area contributed by atoms with Gasteiger partial charge in [0.05, 0.1) is 6.54 Å². The van der Waals surface area contributed by atoms with E-state index in [1.807, 2.05) is 0 Å². The summed E-state index contributed by atoms with van der Waals surface area (Å²) in [6.45, 7) is 7.52. The molecule has 2 fully saturated rings. The van der Waals surface area contributed by atoms with E-state index in [4.69, 9.17) is 5.73 Å². The number of piperidine rings is 1. The van der Waals surface area contributed by atoms with Gasteiger partial charge in [-0.25, -0.2) is 0 Å². The van der Waals surface area contributed by atoms with E-state index in [1.165, 1.54) is 18.7 Å². The molecule has 1 aliphatic carbocycles. The van der Waals surface area contributed by atoms with Gasteiger partial charge in [0.2, 0.25) is 0 Å². The highest BCUT2D eigenvalue weighted by Crippen LogP contribution is 2.39. The third-order valence-corrected chi connectivity index (χ3v) is 4.70. The van der Waals surface area contributed by atoms with Crippen LogP contribution >= 0.6 is 0 Å². The van der Waals surface area contributed by atoms with Crippen LogP contribution in [0.3, 0.4) is 0 Å². The first kappa shape index (κ1) is 13.1. The molecule has 0 radical (unpaired) electrons. The number of likely N-dealkylation sites (tertiary alicyclic amines) is 1. The van der Waals surface area contributed by atoms with Crippen LogP contribution in [-0.2, 0) is 13.6 Å². The lowest BCUT2D eigenvalue weighted by Crippen LogP contribution is -2.52. The molecule has 2 N–H and O–H groups in total. The van der Waals surface area contributed by atoms with Gasteiger partial charge >= 0.3 is 0 Å². The van der Waals surface area contributed by atoms with Crippen LogP contribution in [0.25, 0.3) is 0 Å². The molecule has 1 aliphatic heterocycles. The summed E-state index contributed by atoms with van der Waals surface area (Å²) in [5, 5.41) is 8.73. The summed E-state index contributed by atoms with van der Waals surface area (Å²) in [5.74, 6) is 2.92. The summed E-state index contributed by atoms with van der Waals surface area (Å²) in [5.41, 5.74) is 6.38. The Hall–Kier alpha value is -0.940. The van der Waals surface area contributed by atoms with Gasteiger partial charge in [0.25, 0.3) is 0 Å². The highest BCUT2D eigenvalue weighted by molar-refractivity contribution is 5.08. The number of nitrogens with two attached hydrogens (primary N) is 1. The standard InChI is InChI=1S/C14H25N5/c1-14(2)9-19(7-6-11(14)15)8-12-16-17-13(18(12)3)10-4-5-10/h10-11H,4-9,15H2,1-3H3. The predicted molar refractivity (Wildman–Crippen MR) is 74.6 cm³/mol. The molecule has 106 valence electrons. The van der Waals surface area contributed by atoms with Crippen molar-refractivity contribution in [1.29, 1.82) is 0 Å². The molecule has 2 heterocycles. The van der Waals surface area contributed by atoms with E-state index in [2.05, 4.69) is 40.6 Å². The molecule has 19 heavy (non-hydrogen) atoms. The number of aromatic nitrogens is 3. The maximum Gasteiger partial charge on any atom is 0.146 e. The molecule has 5 heteroatoms. The van der Waals surface area contributed by atoms with Crippen molar-refractivity contribution >= 4 is 0 Å². The fourth-order valence-corrected chi connectivity index (χ4v) is 3.03. The van der Waals surface area contributed by atoms with E-state index in [0.717, 1.165) is 31.9 Å². The van der Waals surface area contributed by atoms with Crippen molar-refractivity contribution in [3.8, 4) is 0 Å². The van der Waals surface area contributed by atoms with Crippen molar-refractivity contribution in [1.82, 2.24) is 19.7 Å². The molecular weight excluding hydrogens is 238 g/mol. The number of hydrogen-bond donors (Lipinski definition) is 1. The van der Waals surface area contributed by atoms with Crippen molar-refractivity contribution in [3.63, 3.8) is 0 Å². The van der Waals surface area contributed by atoms with Crippen molar-refractivity contribution in [2.45, 2.75) is 51.6 Å². The van der Waals surface area contributed by atoms with E-state index >= 15 is 0 Å². The molecule has 1 aromatic heterocycles. The summed E-state index contributed by atoms with van der Waals surface area (Å²) < 4.78 is 2.19. The van der Waals surface area contributed by atoms with Crippen LogP contribution in [0.2, 0.25) is 0 Å². The maximum absolute atomic E-state index is 6.19. The Kier molecular flexibility index (Phi) is 3.14. The van der Waals surface area contributed by atoms with Gasteiger partial charge in [-0.3, -0.25) is 4.90 Å². The molecular formula is C14H25N5. The lowest BCUT2D eigenvalue weighted by Gasteiger charge is -2.42. The van der Waals surface area contributed by atoms with Crippen LogP contribution in [0.5, 0.6) is 0 Å². The average molecular weight is 263 g/mol. The second kappa shape index (κ2) is 4.56. The summed E-state index contributed by atoms with van der Waals surface area (Å²) >= 11 is 0. The second-order valence-electron chi connectivity index (χ2n) is 6.90. The first-order valence-electron chi connectivity index (χ1n) is 7.33. The normalized spacial score (nSPS) is 27.7. The highest BCUT2D eigenvalue weighted by Gasteiger charge is 2.34. The predicted octanol–water partition coefficient (Wildman–Crippen LogP) is 1.25. The molecule has 5 nitrogen and oxygen atoms in total. The van der Waals surface area contributed by atoms with Gasteiger partial charge in [-0.15, -0.1) is 10.2 Å². The summed E-state index contributed by atoms with van der Waals surface area (Å²) in [4.78, 5) is 2.46. The molecule has 0 aromatic carbocycles. The maximum atomic E-state index is 6.19. The first-order valence-corrected chi connectivity index (χ1v) is 7.33. The van der Waals surface area contributed by atoms with Gasteiger partial charge in [-0.1, -0.05) is 13.8 Å². The Morgan fingerprint density at radius 1 is 1.26 bits per heavy atom. The fraction of sp³-hybridized carbons (Fsp3) is 0.857. The Morgan fingerprint density at radius 2 is 2.00 bits per heavy atom. The van der Waals surface area contributed by atoms with E-state index in [-0.39, 0.29) is 5.41 Å². The van der Waals surface area contributed by atoms with Gasteiger partial charge in [0.1, 0.15) is 11.6 Å². The molecule has 2 aliphatic rings. The zero-order chi connectivity index (χ0) is 13.6. The largest absolute Gasteiger partial charge is 0.327 e. The van der Waals surface area contributed by atoms with Gasteiger partial charge in [0.15, 0.2) is 0 Å². The summed E-state index contributed by atoms with van der Waals surface area (Å²) in [7, 11) is 2.10.